The Morgan fingerprint density at radius 1 is 0.439 bits per heavy atom. The van der Waals surface area contributed by atoms with Crippen LogP contribution < -0.4 is 38.8 Å². The smallest absolute Gasteiger partial charge is 0.477 e. The van der Waals surface area contributed by atoms with Crippen LogP contribution in [0.4, 0.5) is 17.1 Å². The van der Waals surface area contributed by atoms with Crippen molar-refractivity contribution in [2.45, 2.75) is 153 Å². The van der Waals surface area contributed by atoms with Gasteiger partial charge in [-0.1, -0.05) is 110 Å². The topological polar surface area (TPSA) is 682 Å². The van der Waals surface area contributed by atoms with Crippen LogP contribution in [0.3, 0.4) is 0 Å². The zero-order chi connectivity index (χ0) is 96.0. The SMILES string of the molecule is CC(=O)C(C)C.CC1(C)OB(c2ccc(N)cc2)OC1(C)C.CCCC(=O)c1cc(-c2ccc(N)cc2)cc(C(=O)CCC)n1.CCCC(=O)c1cc(-c2ccc(NN)cc2)cc(C(=O)CCC)n1.CCNC(=O)c1cc(Br)cc(C(=O)NCC)n1.O=C(O)c1cc(Br)ccn1.O=C=O.O=S(=O)=O.O=S(=O)=O.O=S(=O)=O.O=S(=O)=O.O=S(=O)=O.O=S(=O)=O. The molecule has 8 rings (SSSR count). The molecule has 123 heavy (non-hydrogen) atoms. The molecule has 3 aromatic carbocycles. The van der Waals surface area contributed by atoms with Crippen LogP contribution in [0.5, 0.6) is 0 Å². The van der Waals surface area contributed by atoms with E-state index in [-0.39, 0.29) is 88.2 Å². The average Bonchev–Trinajstić information content (AvgIpc) is 1.63. The zero-order valence-corrected chi connectivity index (χ0v) is 76.3. The molecule has 672 valence electrons. The van der Waals surface area contributed by atoms with E-state index in [1.807, 2.05) is 144 Å². The van der Waals surface area contributed by atoms with Crippen molar-refractivity contribution in [3.05, 3.63) is 176 Å². The third-order valence-corrected chi connectivity index (χ3v) is 15.4. The minimum atomic E-state index is -3.11. The first-order valence-electron chi connectivity index (χ1n) is 35.2. The van der Waals surface area contributed by atoms with Gasteiger partial charge in [0.2, 0.25) is 0 Å². The van der Waals surface area contributed by atoms with E-state index in [1.54, 1.807) is 61.5 Å². The fraction of sp³-hybridized carbons (Fsp3) is 0.356. The molecule has 4 aromatic heterocycles. The van der Waals surface area contributed by atoms with Crippen LogP contribution in [0, 0.1) is 5.92 Å². The number of anilines is 3. The molecule has 7 aromatic rings. The monoisotopic (exact) mass is 1960 g/mol. The van der Waals surface area contributed by atoms with Gasteiger partial charge in [-0.2, -0.15) is 9.59 Å². The second-order valence-electron chi connectivity index (χ2n) is 24.6. The number of nitrogens with two attached hydrogens (primary N) is 3. The summed E-state index contributed by atoms with van der Waals surface area (Å²) < 4.78 is 165. The predicted octanol–water partition coefficient (Wildman–Crippen LogP) is 7.37. The number of carbonyl (C=O) groups is 8. The first kappa shape index (κ1) is 120. The molecule has 41 nitrogen and oxygen atoms in total. The van der Waals surface area contributed by atoms with Gasteiger partial charge in [-0.15, -0.1) is 75.8 Å². The minimum absolute atomic E-state index is 0.0321. The molecule has 1 fully saturated rings. The Kier molecular flexibility index (Phi) is 65.4. The van der Waals surface area contributed by atoms with Crippen molar-refractivity contribution in [3.63, 3.8) is 0 Å². The predicted molar refractivity (Wildman–Crippen MR) is 451 cm³/mol. The number of aromatic nitrogens is 4. The van der Waals surface area contributed by atoms with Crippen LogP contribution in [-0.4, -0.2) is 185 Å². The fourth-order valence-electron chi connectivity index (χ4n) is 8.21. The summed E-state index contributed by atoms with van der Waals surface area (Å²) in [7, 11) is -19.0. The Bertz CT molecular complexity index is 5020. The third-order valence-electron chi connectivity index (χ3n) is 14.5. The molecule has 0 saturated carbocycles. The highest BCUT2D eigenvalue weighted by molar-refractivity contribution is 9.10. The number of carbonyl (C=O) groups excluding carboxylic acids is 9. The summed E-state index contributed by atoms with van der Waals surface area (Å²) in [6.07, 6.45) is 6.41. The number of pyridine rings is 4. The molecule has 0 aliphatic carbocycles. The van der Waals surface area contributed by atoms with E-state index in [0.29, 0.717) is 71.7 Å². The molecule has 0 radical (unpaired) electrons. The summed E-state index contributed by atoms with van der Waals surface area (Å²) in [6.45, 7) is 26.0. The highest BCUT2D eigenvalue weighted by Crippen LogP contribution is 2.36. The van der Waals surface area contributed by atoms with E-state index in [0.717, 1.165) is 69.2 Å². The van der Waals surface area contributed by atoms with Crippen molar-refractivity contribution in [1.29, 1.82) is 0 Å². The summed E-state index contributed by atoms with van der Waals surface area (Å²) in [5, 5.41) is 13.7. The number of hydrogen-bond donors (Lipinski definition) is 7. The standard InChI is InChI=1S/C19H23N3O2.C19H22N2O2.C12H18BNO2.C11H14BrN3O2.C6H4BrNO2.C5H10O.CO2.6O3S/c1-3-5-18(23)16-11-14(12-17(21-16)19(24)6-4-2)13-7-9-15(22-20)10-8-13;1-3-5-18(22)16-11-14(13-7-9-15(20)10-8-13)12-17(21-16)19(23)6-4-2;1-11(2)12(3,4)16-13(15-11)9-5-7-10(14)8-6-9;1-3-13-10(16)8-5-7(12)6-9(15-8)11(17)14-4-2;7-4-1-2-8-5(3-4)6(9)10;1-4(2)5(3)6;2-1-3;6*1-4(2)3/h7-12,22H,3-6,20H2,1-2H3;7-12H,3-6,20H2,1-2H3;5-8H,14H2,1-4H3;5-6H,3-4H2,1-2H3,(H,13,16)(H,14,17);1-3H,(H,9,10);4H,1-3H3;;;;;;;. The molecule has 0 bridgehead atoms. The molecule has 50 heteroatoms. The molecule has 2 amide bonds. The maximum atomic E-state index is 12.3. The number of halogens is 2. The summed E-state index contributed by atoms with van der Waals surface area (Å²) in [5.41, 5.74) is 22.0. The van der Waals surface area contributed by atoms with Gasteiger partial charge in [0.1, 0.15) is 45.6 Å². The van der Waals surface area contributed by atoms with Crippen molar-refractivity contribution in [2.24, 2.45) is 11.8 Å². The number of amides is 2. The van der Waals surface area contributed by atoms with Crippen LogP contribution >= 0.6 is 31.9 Å². The highest BCUT2D eigenvalue weighted by atomic mass is 79.9. The summed E-state index contributed by atoms with van der Waals surface area (Å²) in [4.78, 5) is 125. The number of nitrogens with one attached hydrogen (secondary N) is 3. The number of hydrogen-bond acceptors (Lipinski definition) is 38. The molecule has 0 atom stereocenters. The van der Waals surface area contributed by atoms with Crippen LogP contribution in [0.2, 0.25) is 0 Å². The lowest BCUT2D eigenvalue weighted by Gasteiger charge is -2.32. The van der Waals surface area contributed by atoms with E-state index < -0.39 is 69.6 Å². The highest BCUT2D eigenvalue weighted by Gasteiger charge is 2.51. The summed E-state index contributed by atoms with van der Waals surface area (Å²) in [5.74, 6) is 4.12. The Morgan fingerprint density at radius 3 is 0.935 bits per heavy atom. The second-order valence-corrected chi connectivity index (χ2v) is 28.8. The molecular formula is C73H91BBr2N10O31S6. The molecular weight excluding hydrogens is 1880 g/mol. The van der Waals surface area contributed by atoms with E-state index >= 15 is 0 Å². The van der Waals surface area contributed by atoms with Crippen LogP contribution in [0.25, 0.3) is 22.3 Å². The Labute approximate surface area is 734 Å². The summed E-state index contributed by atoms with van der Waals surface area (Å²) >= 11 is 6.38. The number of nitrogens with zero attached hydrogens (tertiary/aromatic N) is 4. The van der Waals surface area contributed by atoms with Gasteiger partial charge in [-0.3, -0.25) is 39.4 Å². The normalized spacial score (nSPS) is 10.7. The zero-order valence-electron chi connectivity index (χ0n) is 68.3. The number of carboxylic acids is 1. The van der Waals surface area contributed by atoms with E-state index in [1.165, 1.54) is 12.3 Å². The quantitative estimate of drug-likeness (QED) is 0.0114. The molecule has 5 heterocycles. The van der Waals surface area contributed by atoms with Gasteiger partial charge in [-0.25, -0.2) is 24.7 Å². The number of aromatic carboxylic acids is 1. The van der Waals surface area contributed by atoms with Crippen molar-refractivity contribution in [1.82, 2.24) is 30.6 Å². The average molecular weight is 1970 g/mol. The van der Waals surface area contributed by atoms with Gasteiger partial charge >= 0.3 is 82.9 Å². The number of rotatable bonds is 22. The van der Waals surface area contributed by atoms with Gasteiger partial charge in [0, 0.05) is 76.9 Å². The van der Waals surface area contributed by atoms with Crippen molar-refractivity contribution >= 4 is 178 Å². The first-order chi connectivity index (χ1) is 57.2. The number of benzene rings is 3. The molecule has 1 saturated heterocycles. The minimum Gasteiger partial charge on any atom is -0.477 e. The van der Waals surface area contributed by atoms with Gasteiger partial charge in [-0.05, 0) is 187 Å². The fourth-order valence-corrected chi connectivity index (χ4v) is 8.98. The third kappa shape index (κ3) is 59.7. The lowest BCUT2D eigenvalue weighted by Crippen LogP contribution is -2.41. The van der Waals surface area contributed by atoms with E-state index in [4.69, 9.17) is 117 Å². The number of Topliss-reactive ketones (excluding diaryl/α,β-unsaturated/α-hetero) is 5. The van der Waals surface area contributed by atoms with Crippen LogP contribution in [0.1, 0.15) is 215 Å². The van der Waals surface area contributed by atoms with Crippen molar-refractivity contribution in [2.75, 3.05) is 30.0 Å². The lowest BCUT2D eigenvalue weighted by molar-refractivity contribution is -0.191. The number of nitrogen functional groups attached to an aromatic ring is 3. The Hall–Kier alpha value is -11.6. The summed E-state index contributed by atoms with van der Waals surface area (Å²) in [6, 6.07) is 35.8. The van der Waals surface area contributed by atoms with Crippen LogP contribution in [-0.2, 0) is 87.3 Å². The number of carboxylic acid groups (broad SMARTS) is 1. The van der Waals surface area contributed by atoms with Crippen molar-refractivity contribution in [3.8, 4) is 22.3 Å². The van der Waals surface area contributed by atoms with Gasteiger partial charge in [0.25, 0.3) is 11.8 Å². The second kappa shape index (κ2) is 67.1. The van der Waals surface area contributed by atoms with Gasteiger partial charge in [0.15, 0.2) is 23.1 Å². The number of ketones is 5. The Balaban J connectivity index is -0.000000437. The van der Waals surface area contributed by atoms with Gasteiger partial charge < -0.3 is 41.9 Å². The van der Waals surface area contributed by atoms with E-state index in [2.05, 4.69) is 67.9 Å². The van der Waals surface area contributed by atoms with Gasteiger partial charge in [0.05, 0.1) is 11.2 Å². The van der Waals surface area contributed by atoms with Crippen molar-refractivity contribution < 1.29 is 138 Å². The maximum absolute atomic E-state index is 12.3. The first-order valence-corrected chi connectivity index (χ1v) is 42.8. The molecule has 1 aliphatic rings. The molecule has 0 spiro atoms. The molecule has 0 unspecified atom stereocenters. The molecule has 1 aliphatic heterocycles. The maximum Gasteiger partial charge on any atom is 0.494 e. The Morgan fingerprint density at radius 2 is 0.699 bits per heavy atom. The molecule has 10 N–H and O–H groups in total. The largest absolute Gasteiger partial charge is 0.494 e. The van der Waals surface area contributed by atoms with Crippen LogP contribution in [0.15, 0.2) is 136 Å². The number of hydrazine groups is 1. The van der Waals surface area contributed by atoms with E-state index in [9.17, 15) is 38.4 Å². The lowest BCUT2D eigenvalue weighted by atomic mass is 9.79.